The van der Waals surface area contributed by atoms with Crippen LogP contribution in [0.3, 0.4) is 0 Å². The number of nitrogens with zero attached hydrogens (tertiary/aromatic N) is 1. The molecule has 1 aliphatic rings. The van der Waals surface area contributed by atoms with E-state index in [1.165, 1.54) is 87.6 Å². The third-order valence-corrected chi connectivity index (χ3v) is 12.5. The van der Waals surface area contributed by atoms with Gasteiger partial charge in [0.25, 0.3) is 0 Å². The molecular formula is C44H37NSi. The summed E-state index contributed by atoms with van der Waals surface area (Å²) < 4.78 is 0. The fraction of sp³-hybridized carbons (Fsp3) is 0.136. The Morgan fingerprint density at radius 3 is 1.72 bits per heavy atom. The number of rotatable bonds is 4. The summed E-state index contributed by atoms with van der Waals surface area (Å²) in [5.41, 5.74) is 8.95. The van der Waals surface area contributed by atoms with Crippen molar-refractivity contribution in [3.63, 3.8) is 0 Å². The van der Waals surface area contributed by atoms with Crippen LogP contribution in [0.2, 0.25) is 19.6 Å². The molecule has 0 spiro atoms. The summed E-state index contributed by atoms with van der Waals surface area (Å²) in [5.74, 6) is 0. The van der Waals surface area contributed by atoms with Gasteiger partial charge in [-0.15, -0.1) is 0 Å². The van der Waals surface area contributed by atoms with Gasteiger partial charge in [-0.3, -0.25) is 0 Å². The topological polar surface area (TPSA) is 3.24 Å². The highest BCUT2D eigenvalue weighted by Crippen LogP contribution is 2.51. The fourth-order valence-corrected chi connectivity index (χ4v) is 9.16. The SMILES string of the molecule is CC1(C)c2ccccc2-c2ccc(N(c3ccc4cc([Si](C)(C)C)ccc4c3)c3cc4ccc5cccc6ccc(c3)c4c56)cc21. The standard InChI is InChI=1S/C44H37NSi/c1-44(2)40-12-7-6-11-38(40)39-22-20-35(27-41(39)44)45(34-19-17-31-26-37(46(3,4)5)21-18-30(31)23-34)36-24-32-15-13-28-9-8-10-29-14-16-33(25-36)43(32)42(28)29/h6-27H,1-5H3. The minimum absolute atomic E-state index is 0.0718. The van der Waals surface area contributed by atoms with E-state index in [2.05, 4.69) is 172 Å². The lowest BCUT2D eigenvalue weighted by Gasteiger charge is -2.29. The molecule has 0 atom stereocenters. The van der Waals surface area contributed by atoms with Gasteiger partial charge in [-0.2, -0.15) is 0 Å². The first-order valence-corrected chi connectivity index (χ1v) is 19.9. The molecule has 0 bridgehead atoms. The van der Waals surface area contributed by atoms with Crippen molar-refractivity contribution in [1.29, 1.82) is 0 Å². The molecule has 1 nitrogen and oxygen atoms in total. The average Bonchev–Trinajstić information content (AvgIpc) is 3.29. The van der Waals surface area contributed by atoms with Crippen LogP contribution in [-0.4, -0.2) is 8.07 Å². The second-order valence-electron chi connectivity index (χ2n) is 14.7. The maximum absolute atomic E-state index is 2.47. The molecular weight excluding hydrogens is 571 g/mol. The van der Waals surface area contributed by atoms with E-state index >= 15 is 0 Å². The Labute approximate surface area is 272 Å². The van der Waals surface area contributed by atoms with Crippen LogP contribution in [0.15, 0.2) is 133 Å². The minimum Gasteiger partial charge on any atom is -0.310 e. The molecule has 9 rings (SSSR count). The zero-order chi connectivity index (χ0) is 31.4. The molecule has 0 heterocycles. The van der Waals surface area contributed by atoms with E-state index in [-0.39, 0.29) is 5.41 Å². The fourth-order valence-electron chi connectivity index (χ4n) is 7.98. The molecule has 0 aliphatic heterocycles. The summed E-state index contributed by atoms with van der Waals surface area (Å²) in [5, 5.41) is 11.9. The van der Waals surface area contributed by atoms with Crippen LogP contribution in [0, 0.1) is 0 Å². The quantitative estimate of drug-likeness (QED) is 0.142. The Bertz CT molecular complexity index is 2430. The summed E-state index contributed by atoms with van der Waals surface area (Å²) in [6, 6.07) is 50.7. The lowest BCUT2D eigenvalue weighted by atomic mass is 9.82. The maximum atomic E-state index is 2.47. The number of anilines is 3. The molecule has 0 N–H and O–H groups in total. The van der Waals surface area contributed by atoms with Gasteiger partial charge < -0.3 is 4.90 Å². The van der Waals surface area contributed by atoms with Crippen molar-refractivity contribution in [2.24, 2.45) is 0 Å². The monoisotopic (exact) mass is 607 g/mol. The lowest BCUT2D eigenvalue weighted by molar-refractivity contribution is 0.660. The zero-order valence-electron chi connectivity index (χ0n) is 27.1. The Balaban J connectivity index is 1.28. The van der Waals surface area contributed by atoms with E-state index in [0.717, 1.165) is 0 Å². The van der Waals surface area contributed by atoms with Gasteiger partial charge in [0.05, 0.1) is 8.07 Å². The smallest absolute Gasteiger partial charge is 0.0776 e. The predicted molar refractivity (Wildman–Crippen MR) is 203 cm³/mol. The van der Waals surface area contributed by atoms with E-state index in [4.69, 9.17) is 0 Å². The third kappa shape index (κ3) is 4.00. The molecule has 8 aromatic rings. The van der Waals surface area contributed by atoms with Gasteiger partial charge in [0.15, 0.2) is 0 Å². The Morgan fingerprint density at radius 1 is 0.435 bits per heavy atom. The van der Waals surface area contributed by atoms with E-state index < -0.39 is 8.07 Å². The van der Waals surface area contributed by atoms with Crippen LogP contribution in [0.5, 0.6) is 0 Å². The number of hydrogen-bond donors (Lipinski definition) is 0. The molecule has 0 aromatic heterocycles. The molecule has 0 fully saturated rings. The van der Waals surface area contributed by atoms with Crippen LogP contribution in [0.25, 0.3) is 54.2 Å². The molecule has 46 heavy (non-hydrogen) atoms. The average molecular weight is 608 g/mol. The molecule has 0 radical (unpaired) electrons. The second-order valence-corrected chi connectivity index (χ2v) is 19.8. The van der Waals surface area contributed by atoms with Crippen LogP contribution in [-0.2, 0) is 5.41 Å². The van der Waals surface area contributed by atoms with Crippen LogP contribution >= 0.6 is 0 Å². The van der Waals surface area contributed by atoms with Crippen molar-refractivity contribution >= 4 is 73.4 Å². The Morgan fingerprint density at radius 2 is 0.978 bits per heavy atom. The number of benzene rings is 8. The van der Waals surface area contributed by atoms with Gasteiger partial charge >= 0.3 is 0 Å². The zero-order valence-corrected chi connectivity index (χ0v) is 28.1. The van der Waals surface area contributed by atoms with Gasteiger partial charge in [0.2, 0.25) is 0 Å². The molecule has 0 amide bonds. The van der Waals surface area contributed by atoms with Gasteiger partial charge in [-0.05, 0) is 102 Å². The van der Waals surface area contributed by atoms with Crippen LogP contribution in [0.1, 0.15) is 25.0 Å². The van der Waals surface area contributed by atoms with Crippen molar-refractivity contribution in [2.45, 2.75) is 38.9 Å². The van der Waals surface area contributed by atoms with Crippen molar-refractivity contribution < 1.29 is 0 Å². The number of hydrogen-bond acceptors (Lipinski definition) is 1. The first-order chi connectivity index (χ1) is 22.2. The van der Waals surface area contributed by atoms with E-state index in [9.17, 15) is 0 Å². The van der Waals surface area contributed by atoms with Gasteiger partial charge in [-0.1, -0.05) is 136 Å². The van der Waals surface area contributed by atoms with E-state index in [0.29, 0.717) is 0 Å². The molecule has 0 unspecified atom stereocenters. The first kappa shape index (κ1) is 27.4. The highest BCUT2D eigenvalue weighted by molar-refractivity contribution is 6.88. The third-order valence-electron chi connectivity index (χ3n) is 10.5. The summed E-state index contributed by atoms with van der Waals surface area (Å²) in [4.78, 5) is 2.47. The first-order valence-electron chi connectivity index (χ1n) is 16.4. The molecule has 0 saturated carbocycles. The molecule has 1 aliphatic carbocycles. The largest absolute Gasteiger partial charge is 0.310 e. The summed E-state index contributed by atoms with van der Waals surface area (Å²) in [6.07, 6.45) is 0. The second kappa shape index (κ2) is 9.54. The highest BCUT2D eigenvalue weighted by atomic mass is 28.3. The summed E-state index contributed by atoms with van der Waals surface area (Å²) in [6.45, 7) is 12.0. The van der Waals surface area contributed by atoms with E-state index in [1.54, 1.807) is 0 Å². The molecule has 222 valence electrons. The predicted octanol–water partition coefficient (Wildman–Crippen LogP) is 12.1. The van der Waals surface area contributed by atoms with Crippen LogP contribution < -0.4 is 10.1 Å². The van der Waals surface area contributed by atoms with Gasteiger partial charge in [-0.25, -0.2) is 0 Å². The molecule has 8 aromatic carbocycles. The summed E-state index contributed by atoms with van der Waals surface area (Å²) >= 11 is 0. The van der Waals surface area contributed by atoms with Gasteiger partial charge in [0.1, 0.15) is 0 Å². The lowest BCUT2D eigenvalue weighted by Crippen LogP contribution is -2.37. The van der Waals surface area contributed by atoms with Crippen molar-refractivity contribution in [3.8, 4) is 11.1 Å². The molecule has 2 heteroatoms. The van der Waals surface area contributed by atoms with Crippen molar-refractivity contribution in [3.05, 3.63) is 145 Å². The summed E-state index contributed by atoms with van der Waals surface area (Å²) in [7, 11) is -1.41. The van der Waals surface area contributed by atoms with Crippen molar-refractivity contribution in [1.82, 2.24) is 0 Å². The number of fused-ring (bicyclic) bond motifs is 4. The van der Waals surface area contributed by atoms with E-state index in [1.807, 2.05) is 0 Å². The normalized spacial score (nSPS) is 13.9. The maximum Gasteiger partial charge on any atom is 0.0776 e. The molecule has 0 saturated heterocycles. The van der Waals surface area contributed by atoms with Crippen LogP contribution in [0.4, 0.5) is 17.1 Å². The van der Waals surface area contributed by atoms with Crippen molar-refractivity contribution in [2.75, 3.05) is 4.90 Å². The Hall–Kier alpha value is -4.92. The highest BCUT2D eigenvalue weighted by Gasteiger charge is 2.35. The minimum atomic E-state index is -1.41. The van der Waals surface area contributed by atoms with Gasteiger partial charge in [0, 0.05) is 22.5 Å². The Kier molecular flexibility index (Phi) is 5.68.